The van der Waals surface area contributed by atoms with Gasteiger partial charge in [-0.2, -0.15) is 5.11 Å². The zero-order chi connectivity index (χ0) is 20.6. The van der Waals surface area contributed by atoms with Crippen LogP contribution >= 0.6 is 10.7 Å². The molecule has 0 atom stereocenters. The lowest BCUT2D eigenvalue weighted by Crippen LogP contribution is -1.89. The van der Waals surface area contributed by atoms with Gasteiger partial charge in [0.2, 0.25) is 0 Å². The first-order valence-electron chi connectivity index (χ1n) is 8.56. The number of methoxy groups -OCH3 is 1. The molecule has 0 heterocycles. The van der Waals surface area contributed by atoms with Crippen molar-refractivity contribution in [2.75, 3.05) is 7.11 Å². The second-order valence-corrected chi connectivity index (χ2v) is 8.89. The van der Waals surface area contributed by atoms with Crippen molar-refractivity contribution in [3.05, 3.63) is 66.7 Å². The number of hydrogen-bond acceptors (Lipinski definition) is 6. The molecule has 0 aliphatic carbocycles. The maximum absolute atomic E-state index is 11.5. The van der Waals surface area contributed by atoms with E-state index in [2.05, 4.69) is 10.2 Å². The first-order chi connectivity index (χ1) is 13.9. The van der Waals surface area contributed by atoms with Crippen molar-refractivity contribution in [1.29, 1.82) is 0 Å². The van der Waals surface area contributed by atoms with Crippen LogP contribution in [0.25, 0.3) is 21.5 Å². The first kappa shape index (κ1) is 19.2. The number of azo groups is 1. The summed E-state index contributed by atoms with van der Waals surface area (Å²) >= 11 is 0. The van der Waals surface area contributed by atoms with Crippen LogP contribution in [0, 0.1) is 0 Å². The number of benzene rings is 4. The lowest BCUT2D eigenvalue weighted by molar-refractivity contribution is 0.418. The molecule has 0 aliphatic heterocycles. The van der Waals surface area contributed by atoms with Crippen molar-refractivity contribution in [3.8, 4) is 11.5 Å². The van der Waals surface area contributed by atoms with E-state index in [1.807, 2.05) is 18.2 Å². The minimum atomic E-state index is -3.79. The smallest absolute Gasteiger partial charge is 0.261 e. The normalized spacial score (nSPS) is 12.1. The van der Waals surface area contributed by atoms with Gasteiger partial charge in [-0.15, -0.1) is 5.11 Å². The molecule has 0 amide bonds. The van der Waals surface area contributed by atoms with E-state index in [4.69, 9.17) is 15.4 Å². The van der Waals surface area contributed by atoms with Gasteiger partial charge < -0.3 is 9.84 Å². The zero-order valence-electron chi connectivity index (χ0n) is 15.2. The summed E-state index contributed by atoms with van der Waals surface area (Å²) in [7, 11) is 3.16. The molecule has 6 nitrogen and oxygen atoms in total. The number of ether oxygens (including phenoxy) is 1. The maximum atomic E-state index is 11.5. The van der Waals surface area contributed by atoms with E-state index in [0.29, 0.717) is 22.2 Å². The summed E-state index contributed by atoms with van der Waals surface area (Å²) in [5, 5.41) is 21.8. The van der Waals surface area contributed by atoms with Crippen molar-refractivity contribution in [2.24, 2.45) is 10.2 Å². The van der Waals surface area contributed by atoms with Crippen LogP contribution in [0.15, 0.2) is 81.9 Å². The summed E-state index contributed by atoms with van der Waals surface area (Å²) < 4.78 is 28.4. The van der Waals surface area contributed by atoms with E-state index in [9.17, 15) is 13.5 Å². The molecule has 8 heteroatoms. The van der Waals surface area contributed by atoms with Crippen molar-refractivity contribution >= 4 is 52.7 Å². The summed E-state index contributed by atoms with van der Waals surface area (Å²) in [4.78, 5) is 0.0363. The number of hydrogen-bond donors (Lipinski definition) is 1. The Kier molecular flexibility index (Phi) is 4.86. The summed E-state index contributed by atoms with van der Waals surface area (Å²) in [6.45, 7) is 0. The minimum Gasteiger partial charge on any atom is -0.505 e. The molecule has 1 N–H and O–H groups in total. The van der Waals surface area contributed by atoms with Gasteiger partial charge in [0.15, 0.2) is 5.75 Å². The summed E-state index contributed by atoms with van der Waals surface area (Å²) in [5.41, 5.74) is 0.828. The van der Waals surface area contributed by atoms with Crippen molar-refractivity contribution in [3.63, 3.8) is 0 Å². The van der Waals surface area contributed by atoms with Crippen LogP contribution < -0.4 is 4.74 Å². The van der Waals surface area contributed by atoms with Gasteiger partial charge in [-0.3, -0.25) is 0 Å². The fourth-order valence-corrected chi connectivity index (χ4v) is 3.88. The van der Waals surface area contributed by atoms with Crippen LogP contribution in [0.5, 0.6) is 11.5 Å². The van der Waals surface area contributed by atoms with E-state index in [0.717, 1.165) is 10.8 Å². The van der Waals surface area contributed by atoms with E-state index in [-0.39, 0.29) is 16.3 Å². The van der Waals surface area contributed by atoms with Crippen LogP contribution in [-0.4, -0.2) is 20.6 Å². The molecule has 0 aliphatic rings. The molecule has 0 spiro atoms. The molecule has 29 heavy (non-hydrogen) atoms. The zero-order valence-corrected chi connectivity index (χ0v) is 16.8. The highest BCUT2D eigenvalue weighted by Gasteiger charge is 2.12. The molecule has 0 aromatic heterocycles. The molecule has 4 aromatic rings. The molecule has 0 unspecified atom stereocenters. The van der Waals surface area contributed by atoms with Gasteiger partial charge in [-0.25, -0.2) is 8.42 Å². The van der Waals surface area contributed by atoms with Gasteiger partial charge in [0.25, 0.3) is 9.05 Å². The molecule has 0 bridgehead atoms. The quantitative estimate of drug-likeness (QED) is 0.317. The molecular weight excluding hydrogens is 412 g/mol. The lowest BCUT2D eigenvalue weighted by atomic mass is 10.1. The Morgan fingerprint density at radius 3 is 2.31 bits per heavy atom. The molecule has 4 rings (SSSR count). The number of phenols is 1. The molecule has 0 fully saturated rings. The largest absolute Gasteiger partial charge is 0.505 e. The fraction of sp³-hybridized carbons (Fsp3) is 0.0476. The van der Waals surface area contributed by atoms with Crippen molar-refractivity contribution in [2.45, 2.75) is 4.90 Å². The van der Waals surface area contributed by atoms with Gasteiger partial charge in [0.05, 0.1) is 17.7 Å². The third-order valence-electron chi connectivity index (χ3n) is 4.53. The van der Waals surface area contributed by atoms with E-state index < -0.39 is 9.05 Å². The average molecular weight is 427 g/mol. The minimum absolute atomic E-state index is 0.0166. The van der Waals surface area contributed by atoms with Gasteiger partial charge in [-0.1, -0.05) is 36.4 Å². The number of phenolic OH excluding ortho intramolecular Hbond substituents is 1. The van der Waals surface area contributed by atoms with Crippen molar-refractivity contribution in [1.82, 2.24) is 0 Å². The average Bonchev–Trinajstić information content (AvgIpc) is 2.72. The van der Waals surface area contributed by atoms with Crippen LogP contribution in [0.4, 0.5) is 11.4 Å². The molecular formula is C21H15ClN2O4S. The highest BCUT2D eigenvalue weighted by atomic mass is 35.7. The Morgan fingerprint density at radius 1 is 0.897 bits per heavy atom. The lowest BCUT2D eigenvalue weighted by Gasteiger charge is -2.09. The van der Waals surface area contributed by atoms with E-state index in [1.165, 1.54) is 12.1 Å². The first-order valence-corrected chi connectivity index (χ1v) is 10.9. The number of aromatic hydroxyl groups is 1. The number of rotatable bonds is 4. The van der Waals surface area contributed by atoms with Crippen LogP contribution in [0.3, 0.4) is 0 Å². The van der Waals surface area contributed by atoms with E-state index in [1.54, 1.807) is 43.5 Å². The van der Waals surface area contributed by atoms with Crippen LogP contribution in [0.2, 0.25) is 0 Å². The maximum Gasteiger partial charge on any atom is 0.261 e. The summed E-state index contributed by atoms with van der Waals surface area (Å²) in [6.07, 6.45) is 0. The fourth-order valence-electron chi connectivity index (χ4n) is 3.09. The summed E-state index contributed by atoms with van der Waals surface area (Å²) in [5.74, 6) is 0.601. The second-order valence-electron chi connectivity index (χ2n) is 6.32. The predicted molar refractivity (Wildman–Crippen MR) is 113 cm³/mol. The monoisotopic (exact) mass is 426 g/mol. The highest BCUT2D eigenvalue weighted by molar-refractivity contribution is 8.13. The van der Waals surface area contributed by atoms with Gasteiger partial charge in [-0.05, 0) is 35.0 Å². The Bertz CT molecular complexity index is 1380. The predicted octanol–water partition coefficient (Wildman–Crippen LogP) is 6.05. The Balaban J connectivity index is 1.74. The third-order valence-corrected chi connectivity index (χ3v) is 5.88. The van der Waals surface area contributed by atoms with Crippen LogP contribution in [0.1, 0.15) is 0 Å². The number of fused-ring (bicyclic) bond motifs is 2. The Labute approximate surface area is 171 Å². The second kappa shape index (κ2) is 7.35. The number of halogens is 1. The molecule has 0 saturated carbocycles. The van der Waals surface area contributed by atoms with Crippen LogP contribution in [-0.2, 0) is 9.05 Å². The van der Waals surface area contributed by atoms with E-state index >= 15 is 0 Å². The highest BCUT2D eigenvalue weighted by Crippen LogP contribution is 2.41. The topological polar surface area (TPSA) is 88.3 Å². The SMILES string of the molecule is COc1cc(N=Nc2ccc3cc(S(=O)(=O)Cl)ccc3c2)c(O)c2ccccc12. The van der Waals surface area contributed by atoms with Crippen molar-refractivity contribution < 1.29 is 18.3 Å². The standard InChI is InChI=1S/C21H15ClN2O4S/c1-28-20-12-19(21(25)18-5-3-2-4-17(18)20)24-23-15-8-6-14-11-16(29(22,26)27)9-7-13(14)10-15/h2-12,25H,1H3. The molecule has 0 saturated heterocycles. The van der Waals surface area contributed by atoms with Gasteiger partial charge in [0, 0.05) is 27.5 Å². The Hall–Kier alpha value is -3.16. The Morgan fingerprint density at radius 2 is 1.59 bits per heavy atom. The summed E-state index contributed by atoms with van der Waals surface area (Å²) in [6, 6.07) is 18.7. The number of nitrogens with zero attached hydrogens (tertiary/aromatic N) is 2. The van der Waals surface area contributed by atoms with Gasteiger partial charge >= 0.3 is 0 Å². The third kappa shape index (κ3) is 3.74. The molecule has 0 radical (unpaired) electrons. The molecule has 4 aromatic carbocycles. The molecule has 146 valence electrons. The van der Waals surface area contributed by atoms with Gasteiger partial charge in [0.1, 0.15) is 11.4 Å².